The van der Waals surface area contributed by atoms with E-state index in [0.29, 0.717) is 129 Å². The minimum atomic E-state index is -1.37. The number of carbonyl (C=O) groups is 4. The van der Waals surface area contributed by atoms with Crippen molar-refractivity contribution in [3.8, 4) is 0 Å². The van der Waals surface area contributed by atoms with Crippen LogP contribution >= 0.6 is 21.6 Å². The van der Waals surface area contributed by atoms with Crippen molar-refractivity contribution >= 4 is 45.2 Å². The number of rotatable bonds is 66. The molecule has 6 bridgehead atoms. The Balaban J connectivity index is 0.530. The monoisotopic (exact) mass is 1900 g/mol. The highest BCUT2D eigenvalue weighted by Crippen LogP contribution is 2.50. The fourth-order valence-corrected chi connectivity index (χ4v) is 18.4. The van der Waals surface area contributed by atoms with Crippen molar-refractivity contribution in [2.75, 3.05) is 164 Å². The number of amides is 4. The van der Waals surface area contributed by atoms with Crippen LogP contribution < -0.4 is 21.3 Å². The van der Waals surface area contributed by atoms with E-state index in [1.165, 1.54) is 20.8 Å². The number of aryl methyl sites for hydroxylation is 2. The molecule has 0 spiro atoms. The molecule has 15 atom stereocenters. The Morgan fingerprint density at radius 1 is 0.435 bits per heavy atom. The van der Waals surface area contributed by atoms with Gasteiger partial charge in [-0.2, -0.15) is 9.78 Å². The van der Waals surface area contributed by atoms with Crippen LogP contribution in [0.4, 0.5) is 0 Å². The Labute approximate surface area is 769 Å². The van der Waals surface area contributed by atoms with Gasteiger partial charge in [0, 0.05) is 65.4 Å². The van der Waals surface area contributed by atoms with Crippen LogP contribution in [0, 0.1) is 0 Å². The number of hydrogen-bond donors (Lipinski definition) is 4. The second-order valence-electron chi connectivity index (χ2n) is 34.7. The summed E-state index contributed by atoms with van der Waals surface area (Å²) in [5.74, 6) is -5.51. The van der Waals surface area contributed by atoms with Gasteiger partial charge in [0.1, 0.15) is 114 Å². The van der Waals surface area contributed by atoms with Gasteiger partial charge < -0.3 is 130 Å². The summed E-state index contributed by atoms with van der Waals surface area (Å²) in [6.45, 7) is 23.0. The number of hydrogen-bond acceptors (Lipinski definition) is 40. The smallest absolute Gasteiger partial charge is 0.256 e. The quantitative estimate of drug-likeness (QED) is 0.0213. The van der Waals surface area contributed by atoms with Gasteiger partial charge >= 0.3 is 0 Å². The van der Waals surface area contributed by atoms with Gasteiger partial charge in [0.05, 0.1) is 164 Å². The molecule has 0 unspecified atom stereocenters. The first-order valence-corrected chi connectivity index (χ1v) is 47.6. The number of pyridine rings is 1. The van der Waals surface area contributed by atoms with Gasteiger partial charge in [0.15, 0.2) is 36.2 Å². The van der Waals surface area contributed by atoms with Gasteiger partial charge in [-0.25, -0.2) is 19.4 Å². The summed E-state index contributed by atoms with van der Waals surface area (Å²) in [7, 11) is 3.37. The maximum Gasteiger partial charge on any atom is 0.256 e. The zero-order chi connectivity index (χ0) is 92.0. The van der Waals surface area contributed by atoms with Gasteiger partial charge in [-0.3, -0.25) is 28.5 Å². The highest BCUT2D eigenvalue weighted by Gasteiger charge is 2.70. The van der Waals surface area contributed by atoms with Crippen LogP contribution in [-0.4, -0.2) is 352 Å². The Morgan fingerprint density at radius 3 is 1.31 bits per heavy atom. The summed E-state index contributed by atoms with van der Waals surface area (Å²) in [6.07, 6.45) is 9.15. The second-order valence-corrected chi connectivity index (χ2v) is 37.1. The molecule has 0 aromatic carbocycles. The minimum Gasteiger partial charge on any atom is -0.379 e. The highest BCUT2D eigenvalue weighted by atomic mass is 33.1. The lowest BCUT2D eigenvalue weighted by molar-refractivity contribution is -0.450. The number of fused-ring (bicyclic) bond motifs is 12. The lowest BCUT2D eigenvalue weighted by Crippen LogP contribution is -2.65. The lowest BCUT2D eigenvalue weighted by atomic mass is 9.88. The predicted octanol–water partition coefficient (Wildman–Crippen LogP) is 3.40. The van der Waals surface area contributed by atoms with Gasteiger partial charge in [-0.05, 0) is 116 Å². The molecule has 4 aromatic rings. The molecule has 4 aromatic heterocycles. The predicted molar refractivity (Wildman–Crippen MR) is 454 cm³/mol. The molecule has 4 N–H and O–H groups in total. The van der Waals surface area contributed by atoms with E-state index in [2.05, 4.69) is 57.2 Å². The molecule has 9 saturated heterocycles. The van der Waals surface area contributed by atoms with Crippen LogP contribution in [0.3, 0.4) is 0 Å². The third-order valence-corrected chi connectivity index (χ3v) is 24.6. The van der Waals surface area contributed by atoms with Gasteiger partial charge in [0.2, 0.25) is 23.6 Å². The Bertz CT molecular complexity index is 3750. The van der Waals surface area contributed by atoms with Gasteiger partial charge in [0.25, 0.3) is 11.6 Å². The lowest BCUT2D eigenvalue weighted by Gasteiger charge is -2.42. The molecular weight excluding hydrogens is 1770 g/mol. The molecule has 9 aliphatic rings. The van der Waals surface area contributed by atoms with E-state index in [9.17, 15) is 19.2 Å². The summed E-state index contributed by atoms with van der Waals surface area (Å²) in [4.78, 5) is 77.3. The van der Waals surface area contributed by atoms with E-state index in [1.54, 1.807) is 75.7 Å². The summed E-state index contributed by atoms with van der Waals surface area (Å²) in [5.41, 5.74) is -0.362. The van der Waals surface area contributed by atoms with E-state index in [0.717, 1.165) is 62.1 Å². The number of carbonyl (C=O) groups excluding carboxylic acids is 4. The molecule has 736 valence electrons. The second kappa shape index (κ2) is 50.4. The largest absolute Gasteiger partial charge is 0.379 e. The van der Waals surface area contributed by atoms with Crippen LogP contribution in [-0.2, 0) is 187 Å². The number of ether oxygens (including phenoxy) is 23. The van der Waals surface area contributed by atoms with Crippen molar-refractivity contribution < 1.29 is 148 Å². The standard InChI is InChI=1S/C84H132N14O31S2/c1-58(99)86-66-69-72(122-78(4,5)119-69)82(55-114-75(66)125-82)54-110-39-38-107-37-36-106-35-32-105-29-26-98-47-63(92-95-98)50-113-53-81(89-64(102)21-13-10-20-44-130-131-65-22-14-15-23-85-65,51-111-48-61-45-96(93-90-61)24-16-11-18-27-103-30-33-108-40-42-117-128-83-56-115-76(126-83)67(87-59(2)100)70-73(83)123-79(6,7)120-70)52-112-49-62-46-97(94-91-62)25-17-12-19-28-104-31-34-109-41-43-118-129-84-57-116-77(127-84)68(88-60(3)101)71-74(84)124-80(8,9)121-71/h14-15,22-23,45-47,66-77H,10-13,16-21,24-44,48-57H2,1-9H3,(H,86,99)(H,87,100)(H,88,101)(H,89,102)/t66-,67-,68-,69-,70-,71-,72-,73-,74-,75+,76+,77+,82+,83+,84+/m1/s1. The number of unbranched alkanes of at least 4 members (excludes halogenated alkanes) is 6. The zero-order valence-electron chi connectivity index (χ0n) is 76.4. The van der Waals surface area contributed by atoms with E-state index in [4.69, 9.17) is 128 Å². The van der Waals surface area contributed by atoms with Gasteiger partial charge in [-0.15, -0.1) is 15.3 Å². The maximum absolute atomic E-state index is 14.3. The molecule has 13 rings (SSSR count). The topological polar surface area (TPSA) is 471 Å². The summed E-state index contributed by atoms with van der Waals surface area (Å²) < 4.78 is 144. The summed E-state index contributed by atoms with van der Waals surface area (Å²) >= 11 is 0. The molecule has 131 heavy (non-hydrogen) atoms. The van der Waals surface area contributed by atoms with E-state index < -0.39 is 114 Å². The van der Waals surface area contributed by atoms with Crippen LogP contribution in [0.5, 0.6) is 0 Å². The number of aromatic nitrogens is 10. The highest BCUT2D eigenvalue weighted by molar-refractivity contribution is 8.76. The number of nitrogens with zero attached hydrogens (tertiary/aromatic N) is 10. The third kappa shape index (κ3) is 30.8. The fraction of sp³-hybridized carbons (Fsp3) is 0.821. The van der Waals surface area contributed by atoms with E-state index >= 15 is 0 Å². The average Bonchev–Trinajstić information content (AvgIpc) is 1.58. The summed E-state index contributed by atoms with van der Waals surface area (Å²) in [6, 6.07) is 4.16. The first kappa shape index (κ1) is 102. The van der Waals surface area contributed by atoms with Crippen molar-refractivity contribution in [2.45, 2.75) is 285 Å². The van der Waals surface area contributed by atoms with Crippen molar-refractivity contribution in [1.29, 1.82) is 0 Å². The SMILES string of the molecule is CC(=O)N[C@H]1[C@H]2OC[C@](COCCOCCOCCOCCn3cc(COCC(COCc4cn(CCCCCOCCOCCOO[C@]56CO[C@@H](O5)[C@H](NC(C)=O)[C@H]5OC(C)(C)O[C@H]56)nn4)(COCc4cn(CCCCCOCCOCCOO[C@]56CO[C@@H](O5)[C@H](NC(C)=O)[C@H]5OC(C)(C)O[C@H]56)nn4)NC(=O)CCCCCSSc4ccccn4)nn3)(O2)[C@@H]2OC(C)(C)O[C@H]12. The van der Waals surface area contributed by atoms with E-state index in [-0.39, 0.29) is 123 Å². The molecule has 45 nitrogen and oxygen atoms in total. The Kier molecular flexibility index (Phi) is 39.4. The summed E-state index contributed by atoms with van der Waals surface area (Å²) in [5, 5.41) is 39.2. The van der Waals surface area contributed by atoms with Crippen molar-refractivity contribution in [1.82, 2.24) is 71.2 Å². The normalized spacial score (nSPS) is 27.5. The average molecular weight is 1900 g/mol. The first-order valence-electron chi connectivity index (χ1n) is 45.3. The molecule has 47 heteroatoms. The molecule has 13 heterocycles. The molecule has 0 aliphatic carbocycles. The maximum atomic E-state index is 14.3. The van der Waals surface area contributed by atoms with Crippen molar-refractivity contribution in [3.05, 3.63) is 60.1 Å². The molecular formula is C84H132N14O31S2. The first-order chi connectivity index (χ1) is 63.4. The Morgan fingerprint density at radius 2 is 0.847 bits per heavy atom. The van der Waals surface area contributed by atoms with Crippen LogP contribution in [0.25, 0.3) is 0 Å². The van der Waals surface area contributed by atoms with Crippen LogP contribution in [0.15, 0.2) is 48.0 Å². The van der Waals surface area contributed by atoms with E-state index in [1.807, 2.05) is 44.4 Å². The molecule has 4 amide bonds. The fourth-order valence-electron chi connectivity index (χ4n) is 16.4. The molecule has 0 saturated carbocycles. The molecule has 0 radical (unpaired) electrons. The Hall–Kier alpha value is -5.93. The van der Waals surface area contributed by atoms with Crippen LogP contribution in [0.1, 0.15) is 144 Å². The number of nitrogens with one attached hydrogen (secondary N) is 4. The van der Waals surface area contributed by atoms with Crippen molar-refractivity contribution in [3.63, 3.8) is 0 Å². The van der Waals surface area contributed by atoms with Gasteiger partial charge in [-0.1, -0.05) is 38.9 Å². The van der Waals surface area contributed by atoms with Crippen molar-refractivity contribution in [2.24, 2.45) is 0 Å². The third-order valence-electron chi connectivity index (χ3n) is 22.2. The molecule has 9 aliphatic heterocycles. The minimum absolute atomic E-state index is 0.0223. The molecule has 9 fully saturated rings. The zero-order valence-corrected chi connectivity index (χ0v) is 78.0. The van der Waals surface area contributed by atoms with Crippen LogP contribution in [0.2, 0.25) is 0 Å².